The highest BCUT2D eigenvalue weighted by Crippen LogP contribution is 2.27. The number of hydrogen-bond donors (Lipinski definition) is 0. The molecule has 4 aromatic rings. The molecule has 158 valence electrons. The molecule has 2 heterocycles. The molecule has 4 rings (SSSR count). The van der Waals surface area contributed by atoms with Crippen LogP contribution in [-0.4, -0.2) is 30.9 Å². The van der Waals surface area contributed by atoms with Gasteiger partial charge in [-0.15, -0.1) is 10.2 Å². The topological polar surface area (TPSA) is 52.7 Å². The van der Waals surface area contributed by atoms with Crippen molar-refractivity contribution in [3.63, 3.8) is 0 Å². The molecule has 0 saturated carbocycles. The Morgan fingerprint density at radius 2 is 1.74 bits per heavy atom. The number of halogens is 1. The van der Waals surface area contributed by atoms with E-state index in [1.807, 2.05) is 74.5 Å². The summed E-state index contributed by atoms with van der Waals surface area (Å²) in [6.45, 7) is 6.83. The zero-order valence-electron chi connectivity index (χ0n) is 17.7. The van der Waals surface area contributed by atoms with Crippen molar-refractivity contribution in [1.29, 1.82) is 0 Å². The Labute approximate surface area is 194 Å². The van der Waals surface area contributed by atoms with Crippen molar-refractivity contribution in [2.75, 3.05) is 5.75 Å². The minimum atomic E-state index is 0.0911. The van der Waals surface area contributed by atoms with Gasteiger partial charge in [0.15, 0.2) is 16.8 Å². The number of hydrogen-bond acceptors (Lipinski definition) is 4. The van der Waals surface area contributed by atoms with Crippen LogP contribution in [0.15, 0.2) is 70.3 Å². The summed E-state index contributed by atoms with van der Waals surface area (Å²) in [7, 11) is 0. The predicted octanol–water partition coefficient (Wildman–Crippen LogP) is 6.11. The Balaban J connectivity index is 1.54. The maximum absolute atomic E-state index is 13.1. The fourth-order valence-electron chi connectivity index (χ4n) is 3.72. The van der Waals surface area contributed by atoms with Crippen LogP contribution in [0.1, 0.15) is 28.7 Å². The van der Waals surface area contributed by atoms with Gasteiger partial charge >= 0.3 is 0 Å². The van der Waals surface area contributed by atoms with Crippen molar-refractivity contribution in [2.45, 2.75) is 32.5 Å². The number of rotatable bonds is 7. The first-order valence-electron chi connectivity index (χ1n) is 10.1. The fraction of sp³-hybridized carbons (Fsp3) is 0.208. The van der Waals surface area contributed by atoms with Gasteiger partial charge in [0.25, 0.3) is 0 Å². The summed E-state index contributed by atoms with van der Waals surface area (Å²) in [5.74, 6) is 1.23. The average Bonchev–Trinajstić information content (AvgIpc) is 3.33. The highest BCUT2D eigenvalue weighted by molar-refractivity contribution is 9.10. The summed E-state index contributed by atoms with van der Waals surface area (Å²) >= 11 is 4.91. The van der Waals surface area contributed by atoms with Gasteiger partial charge in [-0.1, -0.05) is 58.0 Å². The highest BCUT2D eigenvalue weighted by Gasteiger charge is 2.19. The van der Waals surface area contributed by atoms with Crippen LogP contribution < -0.4 is 0 Å². The number of thioether (sulfide) groups is 1. The van der Waals surface area contributed by atoms with Gasteiger partial charge in [0.2, 0.25) is 0 Å². The third-order valence-corrected chi connectivity index (χ3v) is 6.71. The largest absolute Gasteiger partial charge is 0.318 e. The van der Waals surface area contributed by atoms with E-state index in [4.69, 9.17) is 0 Å². The highest BCUT2D eigenvalue weighted by atomic mass is 79.9. The van der Waals surface area contributed by atoms with Crippen LogP contribution in [0.25, 0.3) is 17.1 Å². The summed E-state index contributed by atoms with van der Waals surface area (Å²) in [4.78, 5) is 13.1. The van der Waals surface area contributed by atoms with Crippen molar-refractivity contribution >= 4 is 33.5 Å². The summed E-state index contributed by atoms with van der Waals surface area (Å²) in [5, 5.41) is 9.47. The second-order valence-corrected chi connectivity index (χ2v) is 9.08. The first-order valence-corrected chi connectivity index (χ1v) is 11.9. The zero-order valence-corrected chi connectivity index (χ0v) is 20.1. The minimum Gasteiger partial charge on any atom is -0.318 e. The van der Waals surface area contributed by atoms with Gasteiger partial charge in [-0.25, -0.2) is 0 Å². The fourth-order valence-corrected chi connectivity index (χ4v) is 4.87. The molecule has 0 spiro atoms. The molecule has 0 bridgehead atoms. The lowest BCUT2D eigenvalue weighted by Gasteiger charge is -2.10. The van der Waals surface area contributed by atoms with Crippen LogP contribution in [0.4, 0.5) is 0 Å². The first-order chi connectivity index (χ1) is 15.0. The van der Waals surface area contributed by atoms with E-state index in [1.165, 1.54) is 11.8 Å². The third kappa shape index (κ3) is 4.38. The number of nitrogens with zero attached hydrogens (tertiary/aromatic N) is 4. The number of aromatic nitrogens is 4. The maximum atomic E-state index is 13.1. The second kappa shape index (κ2) is 9.24. The van der Waals surface area contributed by atoms with Crippen molar-refractivity contribution < 1.29 is 4.79 Å². The van der Waals surface area contributed by atoms with Gasteiger partial charge in [-0.2, -0.15) is 0 Å². The first kappa shape index (κ1) is 21.6. The molecule has 0 aliphatic rings. The summed E-state index contributed by atoms with van der Waals surface area (Å²) < 4.78 is 5.20. The van der Waals surface area contributed by atoms with Gasteiger partial charge in [-0.3, -0.25) is 4.79 Å². The van der Waals surface area contributed by atoms with E-state index in [0.717, 1.165) is 50.2 Å². The van der Waals surface area contributed by atoms with E-state index in [-0.39, 0.29) is 5.78 Å². The molecule has 0 N–H and O–H groups in total. The Kier molecular flexibility index (Phi) is 6.43. The standard InChI is InChI=1S/C24H23BrN4OS/c1-4-28-23(18-8-6-5-7-9-18)26-27-24(28)31-15-22(30)21-14-16(2)29(17(21)3)20-12-10-19(25)11-13-20/h5-14H,4,15H2,1-3H3. The van der Waals surface area contributed by atoms with Gasteiger partial charge in [0.05, 0.1) is 5.75 Å². The van der Waals surface area contributed by atoms with Gasteiger partial charge in [0.1, 0.15) is 0 Å². The molecule has 2 aromatic carbocycles. The summed E-state index contributed by atoms with van der Waals surface area (Å²) in [6, 6.07) is 20.1. The molecular weight excluding hydrogens is 472 g/mol. The van der Waals surface area contributed by atoms with Crippen molar-refractivity contribution in [1.82, 2.24) is 19.3 Å². The SMILES string of the molecule is CCn1c(SCC(=O)c2cc(C)n(-c3ccc(Br)cc3)c2C)nnc1-c1ccccc1. The van der Waals surface area contributed by atoms with Crippen LogP contribution in [0.2, 0.25) is 0 Å². The van der Waals surface area contributed by atoms with Gasteiger partial charge < -0.3 is 9.13 Å². The number of carbonyl (C=O) groups is 1. The van der Waals surface area contributed by atoms with Crippen LogP contribution >= 0.6 is 27.7 Å². The monoisotopic (exact) mass is 494 g/mol. The number of carbonyl (C=O) groups excluding carboxylic acids is 1. The Bertz CT molecular complexity index is 1210. The quantitative estimate of drug-likeness (QED) is 0.229. The average molecular weight is 495 g/mol. The Morgan fingerprint density at radius 1 is 1.03 bits per heavy atom. The molecule has 0 radical (unpaired) electrons. The number of ketones is 1. The number of aryl methyl sites for hydroxylation is 1. The molecular formula is C24H23BrN4OS. The maximum Gasteiger partial charge on any atom is 0.191 e. The van der Waals surface area contributed by atoms with Crippen LogP contribution in [0.5, 0.6) is 0 Å². The third-order valence-electron chi connectivity index (χ3n) is 5.21. The lowest BCUT2D eigenvalue weighted by Crippen LogP contribution is -2.07. The molecule has 0 atom stereocenters. The normalized spacial score (nSPS) is 11.1. The lowest BCUT2D eigenvalue weighted by atomic mass is 10.2. The van der Waals surface area contributed by atoms with E-state index in [9.17, 15) is 4.79 Å². The van der Waals surface area contributed by atoms with E-state index in [1.54, 1.807) is 0 Å². The van der Waals surface area contributed by atoms with Crippen LogP contribution in [0, 0.1) is 13.8 Å². The molecule has 0 aliphatic heterocycles. The minimum absolute atomic E-state index is 0.0911. The summed E-state index contributed by atoms with van der Waals surface area (Å²) in [5.41, 5.74) is 4.80. The Hall–Kier alpha value is -2.64. The molecule has 0 unspecified atom stereocenters. The van der Waals surface area contributed by atoms with Crippen LogP contribution in [0.3, 0.4) is 0 Å². The molecule has 2 aromatic heterocycles. The van der Waals surface area contributed by atoms with Crippen molar-refractivity contribution in [3.8, 4) is 17.1 Å². The van der Waals surface area contributed by atoms with E-state index in [0.29, 0.717) is 5.75 Å². The van der Waals surface area contributed by atoms with Gasteiger partial charge in [-0.05, 0) is 51.1 Å². The number of benzene rings is 2. The zero-order chi connectivity index (χ0) is 22.0. The lowest BCUT2D eigenvalue weighted by molar-refractivity contribution is 0.102. The predicted molar refractivity (Wildman–Crippen MR) is 129 cm³/mol. The molecule has 0 aliphatic carbocycles. The van der Waals surface area contributed by atoms with E-state index >= 15 is 0 Å². The molecule has 31 heavy (non-hydrogen) atoms. The van der Waals surface area contributed by atoms with E-state index < -0.39 is 0 Å². The van der Waals surface area contributed by atoms with E-state index in [2.05, 4.69) is 42.2 Å². The van der Waals surface area contributed by atoms with Crippen LogP contribution in [-0.2, 0) is 6.54 Å². The molecule has 0 amide bonds. The number of Topliss-reactive ketones (excluding diaryl/α,β-unsaturated/α-hetero) is 1. The van der Waals surface area contributed by atoms with Gasteiger partial charge in [0, 0.05) is 39.2 Å². The molecule has 5 nitrogen and oxygen atoms in total. The molecule has 7 heteroatoms. The Morgan fingerprint density at radius 3 is 2.42 bits per heavy atom. The van der Waals surface area contributed by atoms with Crippen molar-refractivity contribution in [3.05, 3.63) is 82.1 Å². The molecule has 0 fully saturated rings. The second-order valence-electron chi connectivity index (χ2n) is 7.22. The van der Waals surface area contributed by atoms with Crippen molar-refractivity contribution in [2.24, 2.45) is 0 Å². The summed E-state index contributed by atoms with van der Waals surface area (Å²) in [6.07, 6.45) is 0. The smallest absolute Gasteiger partial charge is 0.191 e. The molecule has 0 saturated heterocycles.